The first-order chi connectivity index (χ1) is 19.3. The number of nitrogens with zero attached hydrogens (tertiary/aromatic N) is 2. The third-order valence-corrected chi connectivity index (χ3v) is 7.74. The fourth-order valence-electron chi connectivity index (χ4n) is 5.49. The topological polar surface area (TPSA) is 88.5 Å². The number of likely N-dealkylation sites (tertiary alicyclic amines) is 1. The third-order valence-electron chi connectivity index (χ3n) is 7.74. The Morgan fingerprint density at radius 3 is 2.55 bits per heavy atom. The maximum absolute atomic E-state index is 13.5. The first-order valence-corrected chi connectivity index (χ1v) is 14.4. The number of carbonyl (C=O) groups is 2. The van der Waals surface area contributed by atoms with Gasteiger partial charge in [-0.3, -0.25) is 9.59 Å². The molecule has 0 radical (unpaired) electrons. The molecule has 0 bridgehead atoms. The van der Waals surface area contributed by atoms with Gasteiger partial charge >= 0.3 is 0 Å². The van der Waals surface area contributed by atoms with Crippen LogP contribution in [0.15, 0.2) is 42.0 Å². The fourth-order valence-corrected chi connectivity index (χ4v) is 5.49. The van der Waals surface area contributed by atoms with Crippen molar-refractivity contribution in [1.29, 1.82) is 0 Å². The van der Waals surface area contributed by atoms with Crippen molar-refractivity contribution in [3.05, 3.63) is 58.7 Å². The molecular weight excluding hydrogens is 508 g/mol. The first-order valence-electron chi connectivity index (χ1n) is 14.4. The molecule has 2 atom stereocenters. The number of methoxy groups -OCH3 is 1. The minimum absolute atomic E-state index is 0.0503. The van der Waals surface area contributed by atoms with Crippen LogP contribution in [-0.2, 0) is 16.0 Å². The van der Waals surface area contributed by atoms with Gasteiger partial charge in [-0.2, -0.15) is 0 Å². The van der Waals surface area contributed by atoms with Crippen LogP contribution in [0.1, 0.15) is 69.7 Å². The molecule has 40 heavy (non-hydrogen) atoms. The smallest absolute Gasteiger partial charge is 0.295 e. The number of carbonyl (C=O) groups excluding carboxylic acids is 2. The number of hydrogen-bond acceptors (Lipinski definition) is 7. The molecule has 2 aliphatic heterocycles. The van der Waals surface area contributed by atoms with E-state index in [4.69, 9.17) is 14.2 Å². The zero-order valence-electron chi connectivity index (χ0n) is 24.4. The maximum atomic E-state index is 13.5. The lowest BCUT2D eigenvalue weighted by Crippen LogP contribution is -2.33. The molecule has 0 unspecified atom stereocenters. The lowest BCUT2D eigenvalue weighted by atomic mass is 9.94. The van der Waals surface area contributed by atoms with Crippen molar-refractivity contribution in [1.82, 2.24) is 9.80 Å². The summed E-state index contributed by atoms with van der Waals surface area (Å²) in [4.78, 5) is 30.8. The fraction of sp³-hybridized carbons (Fsp3) is 0.500. The van der Waals surface area contributed by atoms with Gasteiger partial charge in [0.2, 0.25) is 0 Å². The summed E-state index contributed by atoms with van der Waals surface area (Å²) in [6, 6.07) is 10.1. The van der Waals surface area contributed by atoms with Crippen LogP contribution < -0.4 is 14.2 Å². The molecule has 0 aromatic heterocycles. The van der Waals surface area contributed by atoms with Gasteiger partial charge in [-0.1, -0.05) is 33.3 Å². The number of amides is 1. The Balaban J connectivity index is 1.75. The minimum atomic E-state index is -0.751. The van der Waals surface area contributed by atoms with Crippen LogP contribution in [0.2, 0.25) is 0 Å². The Kier molecular flexibility index (Phi) is 9.74. The molecule has 1 fully saturated rings. The highest BCUT2D eigenvalue weighted by molar-refractivity contribution is 6.46. The lowest BCUT2D eigenvalue weighted by molar-refractivity contribution is -0.140. The van der Waals surface area contributed by atoms with E-state index < -0.39 is 17.7 Å². The zero-order valence-corrected chi connectivity index (χ0v) is 24.4. The SMILES string of the molecule is CCCCOc1ccc([C@@H]2C(=C(O)c3ccc4c(c3)C[C@@H](C)O4)C(=O)C(=O)N2CCCN(CC)CC)cc1OC. The molecule has 2 aromatic rings. The number of ether oxygens (including phenoxy) is 3. The van der Waals surface area contributed by atoms with Crippen molar-refractivity contribution < 1.29 is 28.9 Å². The molecule has 2 heterocycles. The Bertz CT molecular complexity index is 1250. The molecule has 1 saturated heterocycles. The molecule has 2 aromatic carbocycles. The van der Waals surface area contributed by atoms with Gasteiger partial charge in [0.05, 0.1) is 25.3 Å². The number of hydrogen-bond donors (Lipinski definition) is 1. The van der Waals surface area contributed by atoms with Crippen LogP contribution in [0.3, 0.4) is 0 Å². The monoisotopic (exact) mass is 550 g/mol. The summed E-state index contributed by atoms with van der Waals surface area (Å²) >= 11 is 0. The van der Waals surface area contributed by atoms with Crippen LogP contribution >= 0.6 is 0 Å². The number of Topliss-reactive ketones (excluding diaryl/α,β-unsaturated/α-hetero) is 1. The summed E-state index contributed by atoms with van der Waals surface area (Å²) < 4.78 is 17.4. The second kappa shape index (κ2) is 13.2. The summed E-state index contributed by atoms with van der Waals surface area (Å²) in [7, 11) is 1.57. The van der Waals surface area contributed by atoms with Crippen molar-refractivity contribution in [3.8, 4) is 17.2 Å². The van der Waals surface area contributed by atoms with Crippen molar-refractivity contribution in [3.63, 3.8) is 0 Å². The van der Waals surface area contributed by atoms with E-state index in [9.17, 15) is 14.7 Å². The maximum Gasteiger partial charge on any atom is 0.295 e. The molecule has 0 saturated carbocycles. The van der Waals surface area contributed by atoms with Gasteiger partial charge in [0.15, 0.2) is 11.5 Å². The van der Waals surface area contributed by atoms with Gasteiger partial charge in [0.25, 0.3) is 11.7 Å². The average molecular weight is 551 g/mol. The van der Waals surface area contributed by atoms with Gasteiger partial charge in [-0.05, 0) is 80.9 Å². The minimum Gasteiger partial charge on any atom is -0.507 e. The quantitative estimate of drug-likeness (QED) is 0.156. The second-order valence-electron chi connectivity index (χ2n) is 10.4. The number of ketones is 1. The highest BCUT2D eigenvalue weighted by atomic mass is 16.5. The molecule has 1 amide bonds. The largest absolute Gasteiger partial charge is 0.507 e. The molecule has 0 spiro atoms. The number of aliphatic hydroxyl groups excluding tert-OH is 1. The average Bonchev–Trinajstić information content (AvgIpc) is 3.46. The van der Waals surface area contributed by atoms with Gasteiger partial charge in [-0.25, -0.2) is 0 Å². The molecule has 1 N–H and O–H groups in total. The van der Waals surface area contributed by atoms with Crippen LogP contribution in [0.25, 0.3) is 5.76 Å². The van der Waals surface area contributed by atoms with Crippen LogP contribution in [-0.4, -0.2) is 72.6 Å². The predicted octanol–water partition coefficient (Wildman–Crippen LogP) is 5.35. The van der Waals surface area contributed by atoms with Crippen LogP contribution in [0, 0.1) is 0 Å². The van der Waals surface area contributed by atoms with E-state index in [1.165, 1.54) is 0 Å². The van der Waals surface area contributed by atoms with E-state index >= 15 is 0 Å². The van der Waals surface area contributed by atoms with Crippen molar-refractivity contribution in [2.45, 2.75) is 65.5 Å². The Hall–Kier alpha value is -3.52. The van der Waals surface area contributed by atoms with E-state index in [-0.39, 0.29) is 17.4 Å². The summed E-state index contributed by atoms with van der Waals surface area (Å²) in [6.07, 6.45) is 3.40. The van der Waals surface area contributed by atoms with E-state index in [0.29, 0.717) is 42.2 Å². The molecule has 216 valence electrons. The zero-order chi connectivity index (χ0) is 28.8. The molecule has 8 heteroatoms. The van der Waals surface area contributed by atoms with E-state index in [1.54, 1.807) is 24.1 Å². The number of unbranched alkanes of at least 4 members (excludes halogenated alkanes) is 1. The lowest BCUT2D eigenvalue weighted by Gasteiger charge is -2.27. The van der Waals surface area contributed by atoms with Gasteiger partial charge < -0.3 is 29.1 Å². The number of aliphatic hydroxyl groups is 1. The van der Waals surface area contributed by atoms with Crippen LogP contribution in [0.4, 0.5) is 0 Å². The molecule has 4 rings (SSSR count). The third kappa shape index (κ3) is 6.12. The van der Waals surface area contributed by atoms with Gasteiger partial charge in [0, 0.05) is 18.5 Å². The van der Waals surface area contributed by atoms with Crippen molar-refractivity contribution in [2.75, 3.05) is 39.9 Å². The molecule has 0 aliphatic carbocycles. The summed E-state index contributed by atoms with van der Waals surface area (Å²) in [6.45, 7) is 11.9. The van der Waals surface area contributed by atoms with Crippen molar-refractivity contribution >= 4 is 17.4 Å². The Morgan fingerprint density at radius 1 is 1.07 bits per heavy atom. The number of fused-ring (bicyclic) bond motifs is 1. The first kappa shape index (κ1) is 29.5. The number of rotatable bonds is 13. The Morgan fingerprint density at radius 2 is 1.85 bits per heavy atom. The highest BCUT2D eigenvalue weighted by Gasteiger charge is 2.46. The van der Waals surface area contributed by atoms with E-state index in [2.05, 4.69) is 25.7 Å². The summed E-state index contributed by atoms with van der Waals surface area (Å²) in [5.41, 5.74) is 2.23. The van der Waals surface area contributed by atoms with E-state index in [1.807, 2.05) is 31.2 Å². The molecule has 8 nitrogen and oxygen atoms in total. The van der Waals surface area contributed by atoms with Gasteiger partial charge in [-0.15, -0.1) is 0 Å². The standard InChI is InChI=1S/C32H42N2O6/c1-6-9-17-39-26-14-11-22(20-27(26)38-5)29-28(30(35)23-12-13-25-24(19-23)18-21(4)40-25)31(36)32(37)34(29)16-10-15-33(7-2)8-3/h11-14,19-21,29,35H,6-10,15-18H2,1-5H3/t21-,29-/m1/s1. The van der Waals surface area contributed by atoms with E-state index in [0.717, 1.165) is 50.2 Å². The molecular formula is C32H42N2O6. The Labute approximate surface area is 237 Å². The summed E-state index contributed by atoms with van der Waals surface area (Å²) in [5.74, 6) is 0.432. The highest BCUT2D eigenvalue weighted by Crippen LogP contribution is 2.43. The normalized spacial score (nSPS) is 19.7. The molecule has 2 aliphatic rings. The van der Waals surface area contributed by atoms with Gasteiger partial charge in [0.1, 0.15) is 17.6 Å². The van der Waals surface area contributed by atoms with Crippen LogP contribution in [0.5, 0.6) is 17.2 Å². The predicted molar refractivity (Wildman–Crippen MR) is 155 cm³/mol. The second-order valence-corrected chi connectivity index (χ2v) is 10.4. The summed E-state index contributed by atoms with van der Waals surface area (Å²) in [5, 5.41) is 11.5. The van der Waals surface area contributed by atoms with Crippen molar-refractivity contribution in [2.24, 2.45) is 0 Å². The number of benzene rings is 2.